The first-order chi connectivity index (χ1) is 17.7. The van der Waals surface area contributed by atoms with E-state index >= 15 is 0 Å². The zero-order valence-electron chi connectivity index (χ0n) is 21.0. The summed E-state index contributed by atoms with van der Waals surface area (Å²) in [5.74, 6) is 0.918. The predicted octanol–water partition coefficient (Wildman–Crippen LogP) is 4.81. The lowest BCUT2D eigenvalue weighted by atomic mass is 10.2. The molecule has 0 spiro atoms. The van der Waals surface area contributed by atoms with Crippen LogP contribution in [0.4, 0.5) is 0 Å². The fraction of sp³-hybridized carbons (Fsp3) is 0.222. The summed E-state index contributed by atoms with van der Waals surface area (Å²) in [6.45, 7) is 3.46. The molecule has 3 aromatic carbocycles. The molecule has 0 saturated heterocycles. The minimum Gasteiger partial charge on any atom is -0.493 e. The molecular formula is C27H27ClN2O7. The van der Waals surface area contributed by atoms with Crippen LogP contribution < -0.4 is 29.1 Å². The molecule has 9 nitrogen and oxygen atoms in total. The van der Waals surface area contributed by atoms with Crippen LogP contribution in [0.1, 0.15) is 28.4 Å². The van der Waals surface area contributed by atoms with Gasteiger partial charge in [0.15, 0.2) is 17.6 Å². The molecule has 0 saturated carbocycles. The van der Waals surface area contributed by atoms with Gasteiger partial charge in [0.1, 0.15) is 11.5 Å². The van der Waals surface area contributed by atoms with Gasteiger partial charge in [-0.3, -0.25) is 4.79 Å². The first-order valence-electron chi connectivity index (χ1n) is 11.1. The number of hydrazone groups is 1. The maximum absolute atomic E-state index is 12.6. The van der Waals surface area contributed by atoms with Crippen LogP contribution in [-0.2, 0) is 4.79 Å². The number of hydrogen-bond donors (Lipinski definition) is 1. The Kier molecular flexibility index (Phi) is 9.34. The van der Waals surface area contributed by atoms with E-state index < -0.39 is 18.0 Å². The largest absolute Gasteiger partial charge is 0.493 e. The zero-order valence-corrected chi connectivity index (χ0v) is 21.8. The third-order valence-corrected chi connectivity index (χ3v) is 5.42. The molecule has 1 atom stereocenters. The van der Waals surface area contributed by atoms with Crippen LogP contribution in [0.15, 0.2) is 59.7 Å². The number of benzene rings is 3. The average Bonchev–Trinajstić information content (AvgIpc) is 2.90. The molecule has 0 bridgehead atoms. The monoisotopic (exact) mass is 526 g/mol. The number of hydrogen-bond acceptors (Lipinski definition) is 8. The van der Waals surface area contributed by atoms with E-state index in [2.05, 4.69) is 10.5 Å². The van der Waals surface area contributed by atoms with Gasteiger partial charge in [0.2, 0.25) is 5.75 Å². The van der Waals surface area contributed by atoms with Crippen LogP contribution in [0, 0.1) is 6.92 Å². The van der Waals surface area contributed by atoms with E-state index in [0.717, 1.165) is 5.56 Å². The number of rotatable bonds is 10. The van der Waals surface area contributed by atoms with Gasteiger partial charge in [-0.1, -0.05) is 11.6 Å². The third-order valence-electron chi connectivity index (χ3n) is 5.19. The number of methoxy groups -OCH3 is 3. The molecule has 3 rings (SSSR count). The highest BCUT2D eigenvalue weighted by Crippen LogP contribution is 2.38. The van der Waals surface area contributed by atoms with E-state index in [4.69, 9.17) is 35.3 Å². The van der Waals surface area contributed by atoms with Gasteiger partial charge in [0, 0.05) is 5.02 Å². The Morgan fingerprint density at radius 3 is 2.14 bits per heavy atom. The number of nitrogens with zero attached hydrogens (tertiary/aromatic N) is 1. The normalized spacial score (nSPS) is 11.5. The minimum absolute atomic E-state index is 0.230. The molecule has 0 fully saturated rings. The number of carbonyl (C=O) groups excluding carboxylic acids is 2. The molecule has 194 valence electrons. The highest BCUT2D eigenvalue weighted by atomic mass is 35.5. The minimum atomic E-state index is -0.769. The van der Waals surface area contributed by atoms with E-state index in [1.807, 2.05) is 6.92 Å². The van der Waals surface area contributed by atoms with Crippen molar-refractivity contribution < 1.29 is 33.3 Å². The second kappa shape index (κ2) is 12.6. The molecule has 10 heteroatoms. The molecular weight excluding hydrogens is 500 g/mol. The summed E-state index contributed by atoms with van der Waals surface area (Å²) in [6.07, 6.45) is 0.692. The average molecular weight is 527 g/mol. The van der Waals surface area contributed by atoms with Gasteiger partial charge in [-0.25, -0.2) is 10.2 Å². The van der Waals surface area contributed by atoms with Crippen molar-refractivity contribution in [1.82, 2.24) is 5.43 Å². The molecule has 0 radical (unpaired) electrons. The van der Waals surface area contributed by atoms with Crippen molar-refractivity contribution in [3.8, 4) is 28.7 Å². The van der Waals surface area contributed by atoms with Crippen molar-refractivity contribution in [2.75, 3.05) is 21.3 Å². The quantitative estimate of drug-likeness (QED) is 0.175. The van der Waals surface area contributed by atoms with E-state index in [1.54, 1.807) is 49.4 Å². The molecule has 37 heavy (non-hydrogen) atoms. The first-order valence-corrected chi connectivity index (χ1v) is 11.5. The zero-order chi connectivity index (χ0) is 26.9. The Morgan fingerprint density at radius 1 is 0.919 bits per heavy atom. The Morgan fingerprint density at radius 2 is 1.57 bits per heavy atom. The van der Waals surface area contributed by atoms with Crippen molar-refractivity contribution in [2.24, 2.45) is 5.10 Å². The molecule has 1 amide bonds. The van der Waals surface area contributed by atoms with Gasteiger partial charge in [0.05, 0.1) is 33.1 Å². The third kappa shape index (κ3) is 7.14. The van der Waals surface area contributed by atoms with Crippen molar-refractivity contribution >= 4 is 29.7 Å². The topological polar surface area (TPSA) is 105 Å². The second-order valence-corrected chi connectivity index (χ2v) is 8.21. The van der Waals surface area contributed by atoms with Gasteiger partial charge >= 0.3 is 5.97 Å². The van der Waals surface area contributed by atoms with E-state index in [0.29, 0.717) is 39.3 Å². The van der Waals surface area contributed by atoms with Gasteiger partial charge < -0.3 is 23.7 Å². The number of esters is 1. The summed E-state index contributed by atoms with van der Waals surface area (Å²) in [7, 11) is 4.40. The maximum atomic E-state index is 12.6. The van der Waals surface area contributed by atoms with Crippen molar-refractivity contribution in [3.05, 3.63) is 76.3 Å². The number of ether oxygens (including phenoxy) is 5. The highest BCUT2D eigenvalue weighted by Gasteiger charge is 2.18. The van der Waals surface area contributed by atoms with E-state index in [-0.39, 0.29) is 5.56 Å². The molecule has 1 unspecified atom stereocenters. The Labute approximate surface area is 219 Å². The summed E-state index contributed by atoms with van der Waals surface area (Å²) in [5, 5.41) is 4.55. The van der Waals surface area contributed by atoms with Crippen molar-refractivity contribution in [1.29, 1.82) is 0 Å². The second-order valence-electron chi connectivity index (χ2n) is 7.78. The lowest BCUT2D eigenvalue weighted by Gasteiger charge is -2.14. The number of halogens is 1. The number of nitrogens with one attached hydrogen (secondary N) is 1. The Bertz CT molecular complexity index is 1270. The lowest BCUT2D eigenvalue weighted by molar-refractivity contribution is -0.127. The number of amides is 1. The number of carbonyl (C=O) groups is 2. The molecule has 0 aliphatic rings. The lowest BCUT2D eigenvalue weighted by Crippen LogP contribution is -2.33. The van der Waals surface area contributed by atoms with Gasteiger partial charge in [-0.05, 0) is 79.6 Å². The van der Waals surface area contributed by atoms with Crippen LogP contribution in [-0.4, -0.2) is 45.5 Å². The van der Waals surface area contributed by atoms with Crippen LogP contribution in [0.5, 0.6) is 28.7 Å². The van der Waals surface area contributed by atoms with Crippen LogP contribution in [0.3, 0.4) is 0 Å². The molecule has 0 aliphatic carbocycles. The van der Waals surface area contributed by atoms with Crippen molar-refractivity contribution in [3.63, 3.8) is 0 Å². The highest BCUT2D eigenvalue weighted by molar-refractivity contribution is 6.30. The maximum Gasteiger partial charge on any atom is 0.343 e. The fourth-order valence-electron chi connectivity index (χ4n) is 3.24. The van der Waals surface area contributed by atoms with Gasteiger partial charge in [-0.2, -0.15) is 5.10 Å². The van der Waals surface area contributed by atoms with Gasteiger partial charge in [-0.15, -0.1) is 0 Å². The SMILES string of the molecule is COc1cc(C(=O)Oc2ccc(/C=N/NC(=O)C(C)Oc3ccc(Cl)cc3C)cc2)cc(OC)c1OC. The fourth-order valence-corrected chi connectivity index (χ4v) is 3.46. The predicted molar refractivity (Wildman–Crippen MR) is 140 cm³/mol. The van der Waals surface area contributed by atoms with E-state index in [1.165, 1.54) is 39.7 Å². The first kappa shape index (κ1) is 27.3. The van der Waals surface area contributed by atoms with Crippen LogP contribution in [0.2, 0.25) is 5.02 Å². The summed E-state index contributed by atoms with van der Waals surface area (Å²) in [4.78, 5) is 24.9. The molecule has 1 N–H and O–H groups in total. The van der Waals surface area contributed by atoms with E-state index in [9.17, 15) is 9.59 Å². The van der Waals surface area contributed by atoms with Crippen LogP contribution in [0.25, 0.3) is 0 Å². The molecule has 0 aromatic heterocycles. The standard InChI is InChI=1S/C27H27ClN2O7/c1-16-12-20(28)8-11-22(16)36-17(2)26(31)30-29-15-18-6-9-21(10-7-18)37-27(32)19-13-23(33-3)25(35-5)24(14-19)34-4/h6-15,17H,1-5H3,(H,30,31)/b29-15+. The smallest absolute Gasteiger partial charge is 0.343 e. The van der Waals surface area contributed by atoms with Gasteiger partial charge in [0.25, 0.3) is 5.91 Å². The summed E-state index contributed by atoms with van der Waals surface area (Å²) in [6, 6.07) is 14.8. The molecule has 3 aromatic rings. The molecule has 0 heterocycles. The Balaban J connectivity index is 1.57. The van der Waals surface area contributed by atoms with Crippen LogP contribution >= 0.6 is 11.6 Å². The summed E-state index contributed by atoms with van der Waals surface area (Å²) >= 11 is 5.95. The Hall–Kier alpha value is -4.24. The number of aryl methyl sites for hydroxylation is 1. The summed E-state index contributed by atoms with van der Waals surface area (Å²) in [5.41, 5.74) is 4.17. The molecule has 0 aliphatic heterocycles. The summed E-state index contributed by atoms with van der Waals surface area (Å²) < 4.78 is 26.9. The van der Waals surface area contributed by atoms with Crippen molar-refractivity contribution in [2.45, 2.75) is 20.0 Å².